The molecule has 0 spiro atoms. The summed E-state index contributed by atoms with van der Waals surface area (Å²) in [7, 11) is 0. The van der Waals surface area contributed by atoms with Gasteiger partial charge in [-0.2, -0.15) is 0 Å². The molecule has 1 N–H and O–H groups in total. The van der Waals surface area contributed by atoms with Crippen LogP contribution in [0, 0.1) is 6.92 Å². The number of aryl methyl sites for hydroxylation is 1. The lowest BCUT2D eigenvalue weighted by molar-refractivity contribution is 0.307. The second-order valence-electron chi connectivity index (χ2n) is 4.61. The highest BCUT2D eigenvalue weighted by Crippen LogP contribution is 2.24. The molecular formula is C16H14BrNO. The fraction of sp³-hybridized carbons (Fsp3) is 0.125. The standard InChI is InChI=1S/C16H14BrNO/c1-11-3-2-4-14(7-11)19-10-12-9-18-16-6-5-13(17)8-15(12)16/h2-9,18H,10H2,1H3. The molecule has 0 radical (unpaired) electrons. The van der Waals surface area contributed by atoms with Crippen molar-refractivity contribution in [3.05, 3.63) is 64.3 Å². The molecule has 1 aromatic heterocycles. The van der Waals surface area contributed by atoms with Crippen molar-refractivity contribution in [1.82, 2.24) is 4.98 Å². The molecule has 3 aromatic rings. The Bertz CT molecular complexity index is 718. The van der Waals surface area contributed by atoms with E-state index in [0.29, 0.717) is 6.61 Å². The second kappa shape index (κ2) is 5.10. The Morgan fingerprint density at radius 3 is 2.89 bits per heavy atom. The first-order chi connectivity index (χ1) is 9.22. The molecule has 2 nitrogen and oxygen atoms in total. The Balaban J connectivity index is 1.84. The van der Waals surface area contributed by atoms with E-state index in [1.165, 1.54) is 10.9 Å². The quantitative estimate of drug-likeness (QED) is 0.736. The zero-order valence-corrected chi connectivity index (χ0v) is 12.2. The number of benzene rings is 2. The molecular weight excluding hydrogens is 302 g/mol. The van der Waals surface area contributed by atoms with Crippen molar-refractivity contribution in [1.29, 1.82) is 0 Å². The normalized spacial score (nSPS) is 10.8. The lowest BCUT2D eigenvalue weighted by atomic mass is 10.2. The van der Waals surface area contributed by atoms with E-state index in [0.717, 1.165) is 21.3 Å². The number of rotatable bonds is 3. The SMILES string of the molecule is Cc1cccc(OCc2c[nH]c3ccc(Br)cc23)c1. The molecule has 2 aromatic carbocycles. The Morgan fingerprint density at radius 2 is 2.05 bits per heavy atom. The molecule has 0 saturated carbocycles. The van der Waals surface area contributed by atoms with Crippen LogP contribution in [0.5, 0.6) is 5.75 Å². The second-order valence-corrected chi connectivity index (χ2v) is 5.52. The minimum absolute atomic E-state index is 0.569. The minimum Gasteiger partial charge on any atom is -0.489 e. The average molecular weight is 316 g/mol. The van der Waals surface area contributed by atoms with Crippen molar-refractivity contribution in [2.24, 2.45) is 0 Å². The summed E-state index contributed by atoms with van der Waals surface area (Å²) in [5.41, 5.74) is 3.50. The number of fused-ring (bicyclic) bond motifs is 1. The minimum atomic E-state index is 0.569. The number of halogens is 1. The van der Waals surface area contributed by atoms with Crippen LogP contribution < -0.4 is 4.74 Å². The van der Waals surface area contributed by atoms with Crippen LogP contribution in [0.1, 0.15) is 11.1 Å². The number of H-pyrrole nitrogens is 1. The Labute approximate surface area is 120 Å². The molecule has 0 aliphatic heterocycles. The van der Waals surface area contributed by atoms with Gasteiger partial charge in [0.15, 0.2) is 0 Å². The Hall–Kier alpha value is -1.74. The lowest BCUT2D eigenvalue weighted by Gasteiger charge is -2.06. The van der Waals surface area contributed by atoms with Gasteiger partial charge in [-0.1, -0.05) is 28.1 Å². The van der Waals surface area contributed by atoms with Gasteiger partial charge >= 0.3 is 0 Å². The smallest absolute Gasteiger partial charge is 0.120 e. The van der Waals surface area contributed by atoms with E-state index in [1.807, 2.05) is 30.5 Å². The van der Waals surface area contributed by atoms with Gasteiger partial charge in [0.1, 0.15) is 12.4 Å². The third kappa shape index (κ3) is 2.66. The topological polar surface area (TPSA) is 25.0 Å². The van der Waals surface area contributed by atoms with Crippen LogP contribution in [0.4, 0.5) is 0 Å². The third-order valence-corrected chi connectivity index (χ3v) is 3.61. The maximum absolute atomic E-state index is 5.84. The maximum atomic E-state index is 5.84. The fourth-order valence-corrected chi connectivity index (χ4v) is 2.50. The summed E-state index contributed by atoms with van der Waals surface area (Å²) in [6.07, 6.45) is 2.01. The molecule has 0 amide bonds. The first-order valence-electron chi connectivity index (χ1n) is 6.17. The predicted molar refractivity (Wildman–Crippen MR) is 81.5 cm³/mol. The van der Waals surface area contributed by atoms with Gasteiger partial charge in [0.25, 0.3) is 0 Å². The van der Waals surface area contributed by atoms with E-state index >= 15 is 0 Å². The summed E-state index contributed by atoms with van der Waals surface area (Å²) in [6, 6.07) is 14.3. The van der Waals surface area contributed by atoms with Crippen molar-refractivity contribution < 1.29 is 4.74 Å². The van der Waals surface area contributed by atoms with Crippen molar-refractivity contribution in [3.63, 3.8) is 0 Å². The van der Waals surface area contributed by atoms with Crippen LogP contribution in [0.15, 0.2) is 53.1 Å². The molecule has 3 heteroatoms. The number of hydrogen-bond donors (Lipinski definition) is 1. The molecule has 0 aliphatic carbocycles. The van der Waals surface area contributed by atoms with Crippen LogP contribution in [-0.4, -0.2) is 4.98 Å². The number of hydrogen-bond acceptors (Lipinski definition) is 1. The molecule has 0 bridgehead atoms. The van der Waals surface area contributed by atoms with Gasteiger partial charge in [-0.15, -0.1) is 0 Å². The van der Waals surface area contributed by atoms with Crippen molar-refractivity contribution in [2.45, 2.75) is 13.5 Å². The summed E-state index contributed by atoms with van der Waals surface area (Å²) in [4.78, 5) is 3.26. The number of ether oxygens (including phenoxy) is 1. The predicted octanol–water partition coefficient (Wildman–Crippen LogP) is 4.82. The summed E-state index contributed by atoms with van der Waals surface area (Å²) >= 11 is 3.50. The zero-order chi connectivity index (χ0) is 13.2. The largest absolute Gasteiger partial charge is 0.489 e. The molecule has 0 unspecified atom stereocenters. The molecule has 0 atom stereocenters. The van der Waals surface area contributed by atoms with Gasteiger partial charge in [-0.25, -0.2) is 0 Å². The highest BCUT2D eigenvalue weighted by molar-refractivity contribution is 9.10. The summed E-state index contributed by atoms with van der Waals surface area (Å²) in [5, 5.41) is 1.20. The Kier molecular flexibility index (Phi) is 3.30. The number of aromatic amines is 1. The average Bonchev–Trinajstić information content (AvgIpc) is 2.79. The van der Waals surface area contributed by atoms with E-state index < -0.39 is 0 Å². The van der Waals surface area contributed by atoms with Crippen molar-refractivity contribution in [2.75, 3.05) is 0 Å². The van der Waals surface area contributed by atoms with Gasteiger partial charge in [-0.05, 0) is 42.8 Å². The molecule has 1 heterocycles. The summed E-state index contributed by atoms with van der Waals surface area (Å²) < 4.78 is 6.92. The highest BCUT2D eigenvalue weighted by Gasteiger charge is 2.05. The van der Waals surface area contributed by atoms with Gasteiger partial charge in [0.2, 0.25) is 0 Å². The van der Waals surface area contributed by atoms with Crippen LogP contribution >= 0.6 is 15.9 Å². The van der Waals surface area contributed by atoms with Crippen LogP contribution in [0.2, 0.25) is 0 Å². The van der Waals surface area contributed by atoms with Crippen molar-refractivity contribution >= 4 is 26.8 Å². The van der Waals surface area contributed by atoms with Gasteiger partial charge in [0, 0.05) is 27.1 Å². The molecule has 96 valence electrons. The monoisotopic (exact) mass is 315 g/mol. The molecule has 0 saturated heterocycles. The van der Waals surface area contributed by atoms with Crippen LogP contribution in [0.25, 0.3) is 10.9 Å². The summed E-state index contributed by atoms with van der Waals surface area (Å²) in [6.45, 7) is 2.63. The van der Waals surface area contributed by atoms with Gasteiger partial charge in [-0.3, -0.25) is 0 Å². The van der Waals surface area contributed by atoms with E-state index in [2.05, 4.69) is 46.0 Å². The van der Waals surface area contributed by atoms with Gasteiger partial charge < -0.3 is 9.72 Å². The van der Waals surface area contributed by atoms with E-state index in [1.54, 1.807) is 0 Å². The lowest BCUT2D eigenvalue weighted by Crippen LogP contribution is -1.94. The molecule has 0 fully saturated rings. The molecule has 19 heavy (non-hydrogen) atoms. The highest BCUT2D eigenvalue weighted by atomic mass is 79.9. The van der Waals surface area contributed by atoms with E-state index in [4.69, 9.17) is 4.74 Å². The number of nitrogens with one attached hydrogen (secondary N) is 1. The molecule has 0 aliphatic rings. The Morgan fingerprint density at radius 1 is 1.16 bits per heavy atom. The first kappa shape index (κ1) is 12.3. The summed E-state index contributed by atoms with van der Waals surface area (Å²) in [5.74, 6) is 0.907. The fourth-order valence-electron chi connectivity index (χ4n) is 2.14. The zero-order valence-electron chi connectivity index (χ0n) is 10.6. The number of aromatic nitrogens is 1. The van der Waals surface area contributed by atoms with Crippen molar-refractivity contribution in [3.8, 4) is 5.75 Å². The first-order valence-corrected chi connectivity index (χ1v) is 6.97. The van der Waals surface area contributed by atoms with Crippen LogP contribution in [-0.2, 0) is 6.61 Å². The third-order valence-electron chi connectivity index (χ3n) is 3.11. The van der Waals surface area contributed by atoms with Gasteiger partial charge in [0.05, 0.1) is 0 Å². The maximum Gasteiger partial charge on any atom is 0.120 e. The molecule has 3 rings (SSSR count). The van der Waals surface area contributed by atoms with E-state index in [-0.39, 0.29) is 0 Å². The van der Waals surface area contributed by atoms with Crippen LogP contribution in [0.3, 0.4) is 0 Å². The van der Waals surface area contributed by atoms with E-state index in [9.17, 15) is 0 Å².